The van der Waals surface area contributed by atoms with Crippen LogP contribution < -0.4 is 10.6 Å². The highest BCUT2D eigenvalue weighted by Gasteiger charge is 2.42. The normalized spacial score (nSPS) is 25.1. The fraction of sp³-hybridized carbons (Fsp3) is 0.524. The zero-order chi connectivity index (χ0) is 20.3. The molecule has 6 nitrogen and oxygen atoms in total. The summed E-state index contributed by atoms with van der Waals surface area (Å²) in [6, 6.07) is 7.63. The summed E-state index contributed by atoms with van der Waals surface area (Å²) in [5.41, 5.74) is 3.34. The molecule has 2 heterocycles. The molecule has 1 aromatic carbocycles. The van der Waals surface area contributed by atoms with E-state index in [4.69, 9.17) is 0 Å². The zero-order valence-corrected chi connectivity index (χ0v) is 18.0. The van der Waals surface area contributed by atoms with Crippen LogP contribution in [-0.2, 0) is 21.1 Å². The maximum atomic E-state index is 12.2. The second kappa shape index (κ2) is 8.92. The van der Waals surface area contributed by atoms with Crippen molar-refractivity contribution in [3.63, 3.8) is 0 Å². The summed E-state index contributed by atoms with van der Waals surface area (Å²) in [6.07, 6.45) is 8.55. The summed E-state index contributed by atoms with van der Waals surface area (Å²) in [4.78, 5) is 16.7. The third-order valence-electron chi connectivity index (χ3n) is 5.54. The molecule has 1 aliphatic carbocycles. The van der Waals surface area contributed by atoms with Gasteiger partial charge in [-0.3, -0.25) is 9.79 Å². The lowest BCUT2D eigenvalue weighted by atomic mass is 9.97. The number of sulfone groups is 1. The van der Waals surface area contributed by atoms with Crippen LogP contribution in [-0.4, -0.2) is 48.8 Å². The van der Waals surface area contributed by atoms with Gasteiger partial charge in [0.2, 0.25) is 5.91 Å². The molecule has 0 aromatic heterocycles. The average Bonchev–Trinajstić information content (AvgIpc) is 3.16. The van der Waals surface area contributed by atoms with E-state index in [1.165, 1.54) is 43.0 Å². The number of carbonyl (C=O) groups excluding carboxylic acids is 1. The lowest BCUT2D eigenvalue weighted by molar-refractivity contribution is -0.120. The summed E-state index contributed by atoms with van der Waals surface area (Å²) in [7, 11) is -2.93. The standard InChI is InChI=1S/C21H27N3O3S2/c25-20(22-11-10-15-4-2-1-3-5-15)12-16-6-8-17(9-7-16)23-21-24-18-13-29(26,27)14-19(18)28-21/h4,6-9,18-19H,1-3,5,10-14H2,(H,22,25)(H,23,24)/t18-,19-/m0/s1. The largest absolute Gasteiger partial charge is 0.355 e. The molecule has 3 aliphatic rings. The van der Waals surface area contributed by atoms with Gasteiger partial charge in [-0.15, -0.1) is 0 Å². The number of fused-ring (bicyclic) bond motifs is 1. The quantitative estimate of drug-likeness (QED) is 0.674. The number of amides is 1. The van der Waals surface area contributed by atoms with E-state index in [2.05, 4.69) is 21.7 Å². The first kappa shape index (κ1) is 20.5. The first-order chi connectivity index (χ1) is 14.0. The monoisotopic (exact) mass is 433 g/mol. The number of benzene rings is 1. The molecule has 0 bridgehead atoms. The first-order valence-corrected chi connectivity index (χ1v) is 12.9. The van der Waals surface area contributed by atoms with Gasteiger partial charge >= 0.3 is 0 Å². The van der Waals surface area contributed by atoms with Crippen molar-refractivity contribution < 1.29 is 13.2 Å². The predicted molar refractivity (Wildman–Crippen MR) is 119 cm³/mol. The molecular weight excluding hydrogens is 406 g/mol. The van der Waals surface area contributed by atoms with E-state index < -0.39 is 9.84 Å². The van der Waals surface area contributed by atoms with Crippen molar-refractivity contribution in [3.05, 3.63) is 41.5 Å². The van der Waals surface area contributed by atoms with Crippen LogP contribution in [0.3, 0.4) is 0 Å². The molecule has 2 aliphatic heterocycles. The third kappa shape index (κ3) is 5.63. The third-order valence-corrected chi connectivity index (χ3v) is 8.68. The molecule has 0 radical (unpaired) electrons. The number of allylic oxidation sites excluding steroid dienone is 1. The van der Waals surface area contributed by atoms with Crippen molar-refractivity contribution in [3.8, 4) is 0 Å². The van der Waals surface area contributed by atoms with Gasteiger partial charge in [0.1, 0.15) is 0 Å². The SMILES string of the molecule is O=C(Cc1ccc(NC2=N[C@H]3CS(=O)(=O)C[C@@H]3S2)cc1)NCCC1=CCCCC1. The van der Waals surface area contributed by atoms with Gasteiger partial charge in [-0.1, -0.05) is 35.5 Å². The molecule has 29 heavy (non-hydrogen) atoms. The lowest BCUT2D eigenvalue weighted by Gasteiger charge is -2.13. The topological polar surface area (TPSA) is 87.6 Å². The van der Waals surface area contributed by atoms with Crippen LogP contribution in [0.1, 0.15) is 37.7 Å². The maximum absolute atomic E-state index is 12.2. The number of amidine groups is 1. The number of hydrogen-bond acceptors (Lipinski definition) is 6. The number of rotatable bonds is 6. The number of thioether (sulfide) groups is 1. The first-order valence-electron chi connectivity index (χ1n) is 10.2. The van der Waals surface area contributed by atoms with E-state index in [9.17, 15) is 13.2 Å². The molecule has 0 saturated carbocycles. The van der Waals surface area contributed by atoms with Gasteiger partial charge in [-0.2, -0.15) is 0 Å². The number of carbonyl (C=O) groups is 1. The fourth-order valence-electron chi connectivity index (χ4n) is 3.99. The molecule has 1 saturated heterocycles. The number of hydrogen-bond donors (Lipinski definition) is 2. The van der Waals surface area contributed by atoms with Crippen LogP contribution in [0.15, 0.2) is 40.9 Å². The van der Waals surface area contributed by atoms with Gasteiger partial charge in [0.25, 0.3) is 0 Å². The van der Waals surface area contributed by atoms with Crippen molar-refractivity contribution in [2.75, 3.05) is 23.4 Å². The Bertz CT molecular complexity index is 923. The molecule has 1 amide bonds. The lowest BCUT2D eigenvalue weighted by Crippen LogP contribution is -2.26. The Labute approximate surface area is 176 Å². The van der Waals surface area contributed by atoms with E-state index in [0.29, 0.717) is 13.0 Å². The van der Waals surface area contributed by atoms with Crippen molar-refractivity contribution in [2.45, 2.75) is 49.8 Å². The number of nitrogens with zero attached hydrogens (tertiary/aromatic N) is 1. The number of nitrogens with one attached hydrogen (secondary N) is 2. The Balaban J connectivity index is 1.22. The highest BCUT2D eigenvalue weighted by Crippen LogP contribution is 2.34. The van der Waals surface area contributed by atoms with E-state index in [1.54, 1.807) is 0 Å². The van der Waals surface area contributed by atoms with Gasteiger partial charge in [0, 0.05) is 17.5 Å². The Kier molecular flexibility index (Phi) is 6.29. The summed E-state index contributed by atoms with van der Waals surface area (Å²) >= 11 is 1.51. The molecule has 156 valence electrons. The van der Waals surface area contributed by atoms with Crippen LogP contribution in [0, 0.1) is 0 Å². The number of anilines is 1. The number of aliphatic imine (C=N–C) groups is 1. The highest BCUT2D eigenvalue weighted by atomic mass is 32.2. The molecule has 2 N–H and O–H groups in total. The van der Waals surface area contributed by atoms with Crippen molar-refractivity contribution >= 4 is 38.4 Å². The second-order valence-corrected chi connectivity index (χ2v) is 11.3. The smallest absolute Gasteiger partial charge is 0.224 e. The van der Waals surface area contributed by atoms with Gasteiger partial charge in [0.15, 0.2) is 15.0 Å². The minimum Gasteiger partial charge on any atom is -0.355 e. The molecule has 4 rings (SSSR count). The molecule has 8 heteroatoms. The molecular formula is C21H27N3O3S2. The van der Waals surface area contributed by atoms with Gasteiger partial charge in [-0.25, -0.2) is 8.42 Å². The minimum absolute atomic E-state index is 0.0369. The predicted octanol–water partition coefficient (Wildman–Crippen LogP) is 2.92. The van der Waals surface area contributed by atoms with Gasteiger partial charge in [-0.05, 0) is 49.8 Å². The summed E-state index contributed by atoms with van der Waals surface area (Å²) in [6.45, 7) is 0.708. The second-order valence-electron chi connectivity index (χ2n) is 7.94. The molecule has 1 fully saturated rings. The van der Waals surface area contributed by atoms with E-state index in [1.807, 2.05) is 24.3 Å². The van der Waals surface area contributed by atoms with Crippen LogP contribution in [0.25, 0.3) is 0 Å². The molecule has 1 aromatic rings. The van der Waals surface area contributed by atoms with Crippen molar-refractivity contribution in [1.82, 2.24) is 5.32 Å². The Hall–Kier alpha value is -1.80. The van der Waals surface area contributed by atoms with Crippen LogP contribution in [0.2, 0.25) is 0 Å². The van der Waals surface area contributed by atoms with Crippen LogP contribution >= 0.6 is 11.8 Å². The van der Waals surface area contributed by atoms with E-state index in [-0.39, 0.29) is 28.7 Å². The zero-order valence-electron chi connectivity index (χ0n) is 16.4. The Morgan fingerprint density at radius 2 is 2.00 bits per heavy atom. The fourth-order valence-corrected chi connectivity index (χ4v) is 7.66. The Morgan fingerprint density at radius 1 is 1.17 bits per heavy atom. The van der Waals surface area contributed by atoms with Crippen molar-refractivity contribution in [2.24, 2.45) is 4.99 Å². The summed E-state index contributed by atoms with van der Waals surface area (Å²) in [5, 5.41) is 7.09. The van der Waals surface area contributed by atoms with E-state index >= 15 is 0 Å². The molecule has 2 atom stereocenters. The Morgan fingerprint density at radius 3 is 2.72 bits per heavy atom. The summed E-state index contributed by atoms with van der Waals surface area (Å²) < 4.78 is 23.3. The van der Waals surface area contributed by atoms with Crippen LogP contribution in [0.5, 0.6) is 0 Å². The maximum Gasteiger partial charge on any atom is 0.224 e. The minimum atomic E-state index is -2.93. The van der Waals surface area contributed by atoms with Crippen molar-refractivity contribution in [1.29, 1.82) is 0 Å². The molecule has 0 unspecified atom stereocenters. The molecule has 0 spiro atoms. The van der Waals surface area contributed by atoms with E-state index in [0.717, 1.165) is 22.8 Å². The summed E-state index contributed by atoms with van der Waals surface area (Å²) in [5.74, 6) is 0.413. The van der Waals surface area contributed by atoms with Crippen LogP contribution in [0.4, 0.5) is 5.69 Å². The highest BCUT2D eigenvalue weighted by molar-refractivity contribution is 8.15. The van der Waals surface area contributed by atoms with Gasteiger partial charge in [0.05, 0.1) is 24.0 Å². The van der Waals surface area contributed by atoms with Gasteiger partial charge < -0.3 is 10.6 Å². The average molecular weight is 434 g/mol.